The monoisotopic (exact) mass is 1490 g/mol. The summed E-state index contributed by atoms with van der Waals surface area (Å²) < 4.78 is 12.3. The molecule has 0 saturated carbocycles. The number of rotatable bonds is 11. The van der Waals surface area contributed by atoms with Gasteiger partial charge in [-0.25, -0.2) is 0 Å². The molecule has 1 aliphatic rings. The lowest BCUT2D eigenvalue weighted by molar-refractivity contribution is 0.660. The number of hydrogen-bond acceptors (Lipinski definition) is 1. The molecule has 23 aromatic rings. The molecule has 0 amide bonds. The van der Waals surface area contributed by atoms with E-state index >= 15 is 0 Å². The molecule has 6 nitrogen and oxygen atoms in total. The number of nitrogens with zero attached hydrogens (tertiary/aromatic N) is 6. The molecule has 0 saturated heterocycles. The lowest BCUT2D eigenvalue weighted by Gasteiger charge is -2.28. The Hall–Kier alpha value is -15.2. The third-order valence-corrected chi connectivity index (χ3v) is 24.7. The highest BCUT2D eigenvalue weighted by Gasteiger charge is 2.36. The third kappa shape index (κ3) is 10.7. The van der Waals surface area contributed by atoms with Crippen molar-refractivity contribution < 1.29 is 0 Å². The minimum atomic E-state index is -0.0864. The standard InChI is InChI=1S/C60H38N4.C51H38N2/c1-3-19-41(20-4-1)61-53-29-11-7-25-45(53)49-33-35-51-47-27-9-13-31-55(47)63(59(51)57(49)61)43-23-15-17-39(37-43)40-18-16-24-44(38-40)64-56-32-14-10-28-48(56)52-36-34-50-46-26-8-12-30-54(46)62(58(50)60(52)64)42-21-5-2-6-22-42;1-51(2)47-19-11-9-17-43(47)44-31-30-42(34-48(44)51)52(40-26-21-36(22-27-40)35-13-5-3-6-14-35)41-28-23-37(24-29-41)38-25-32-50-46(33-38)45-18-10-12-20-49(45)53(50)39-15-7-4-8-16-39/h1-38H;3-34H,1-2H3. The van der Waals surface area contributed by atoms with Gasteiger partial charge in [-0.1, -0.05) is 299 Å². The van der Waals surface area contributed by atoms with Crippen LogP contribution in [-0.4, -0.2) is 22.8 Å². The predicted molar refractivity (Wildman–Crippen MR) is 493 cm³/mol. The van der Waals surface area contributed by atoms with Crippen LogP contribution in [0.15, 0.2) is 425 Å². The van der Waals surface area contributed by atoms with Crippen molar-refractivity contribution in [3.63, 3.8) is 0 Å². The fraction of sp³-hybridized carbons (Fsp3) is 0.0270. The zero-order valence-electron chi connectivity index (χ0n) is 64.6. The molecule has 0 unspecified atom stereocenters. The molecule has 550 valence electrons. The summed E-state index contributed by atoms with van der Waals surface area (Å²) in [6, 6.07) is 155. The van der Waals surface area contributed by atoms with Gasteiger partial charge in [0.15, 0.2) is 0 Å². The minimum Gasteiger partial charge on any atom is -0.310 e. The number of para-hydroxylation sites is 8. The van der Waals surface area contributed by atoms with Crippen LogP contribution in [0.1, 0.15) is 25.0 Å². The van der Waals surface area contributed by atoms with Gasteiger partial charge in [0.05, 0.1) is 55.2 Å². The van der Waals surface area contributed by atoms with E-state index in [9.17, 15) is 0 Å². The summed E-state index contributed by atoms with van der Waals surface area (Å²) in [5.41, 5.74) is 33.6. The number of aromatic nitrogens is 5. The van der Waals surface area contributed by atoms with Crippen molar-refractivity contribution in [2.45, 2.75) is 19.3 Å². The number of hydrogen-bond donors (Lipinski definition) is 0. The van der Waals surface area contributed by atoms with E-state index < -0.39 is 0 Å². The van der Waals surface area contributed by atoms with Crippen molar-refractivity contribution in [2.75, 3.05) is 4.90 Å². The fourth-order valence-electron chi connectivity index (χ4n) is 19.4. The Labute approximate surface area is 677 Å². The summed E-state index contributed by atoms with van der Waals surface area (Å²) in [6.07, 6.45) is 0. The first-order valence-electron chi connectivity index (χ1n) is 40.5. The van der Waals surface area contributed by atoms with E-state index in [1.165, 1.54) is 159 Å². The molecule has 0 fully saturated rings. The van der Waals surface area contributed by atoms with Crippen LogP contribution in [0.5, 0.6) is 0 Å². The van der Waals surface area contributed by atoms with Gasteiger partial charge in [-0.05, 0) is 195 Å². The van der Waals surface area contributed by atoms with Crippen LogP contribution in [0.25, 0.3) is 182 Å². The Morgan fingerprint density at radius 2 is 0.479 bits per heavy atom. The summed E-state index contributed by atoms with van der Waals surface area (Å²) in [5.74, 6) is 0. The van der Waals surface area contributed by atoms with Gasteiger partial charge in [-0.2, -0.15) is 0 Å². The first kappa shape index (κ1) is 67.5. The maximum absolute atomic E-state index is 2.49. The van der Waals surface area contributed by atoms with Gasteiger partial charge in [-0.3, -0.25) is 0 Å². The largest absolute Gasteiger partial charge is 0.310 e. The summed E-state index contributed by atoms with van der Waals surface area (Å²) in [5, 5.41) is 12.4. The normalized spacial score (nSPS) is 12.4. The predicted octanol–water partition coefficient (Wildman–Crippen LogP) is 29.6. The Morgan fingerprint density at radius 3 is 0.932 bits per heavy atom. The van der Waals surface area contributed by atoms with Crippen LogP contribution >= 0.6 is 0 Å². The zero-order chi connectivity index (χ0) is 77.4. The van der Waals surface area contributed by atoms with E-state index in [1.54, 1.807) is 0 Å². The number of anilines is 3. The molecule has 18 aromatic carbocycles. The van der Waals surface area contributed by atoms with E-state index in [1.807, 2.05) is 0 Å². The Kier molecular flexibility index (Phi) is 15.6. The van der Waals surface area contributed by atoms with Crippen molar-refractivity contribution in [2.24, 2.45) is 0 Å². The maximum atomic E-state index is 2.49. The summed E-state index contributed by atoms with van der Waals surface area (Å²) in [7, 11) is 0. The van der Waals surface area contributed by atoms with E-state index in [0.717, 1.165) is 50.9 Å². The molecular weight excluding hydrogens is 1420 g/mol. The van der Waals surface area contributed by atoms with Gasteiger partial charge in [0.1, 0.15) is 0 Å². The van der Waals surface area contributed by atoms with Crippen LogP contribution in [0, 0.1) is 0 Å². The van der Waals surface area contributed by atoms with Crippen molar-refractivity contribution in [3.8, 4) is 72.9 Å². The van der Waals surface area contributed by atoms with Gasteiger partial charge < -0.3 is 27.7 Å². The quantitative estimate of drug-likeness (QED) is 0.127. The van der Waals surface area contributed by atoms with Crippen LogP contribution in [0.4, 0.5) is 17.1 Å². The number of benzene rings is 18. The van der Waals surface area contributed by atoms with Gasteiger partial charge >= 0.3 is 0 Å². The highest BCUT2D eigenvalue weighted by atomic mass is 15.1. The van der Waals surface area contributed by atoms with Gasteiger partial charge in [0.2, 0.25) is 0 Å². The molecular formula is C111H76N6. The third-order valence-electron chi connectivity index (χ3n) is 24.7. The molecule has 0 aliphatic heterocycles. The smallest absolute Gasteiger partial charge is 0.0788 e. The first-order chi connectivity index (χ1) is 57.8. The molecule has 6 heteroatoms. The molecule has 1 aliphatic carbocycles. The van der Waals surface area contributed by atoms with E-state index in [-0.39, 0.29) is 5.41 Å². The first-order valence-corrected chi connectivity index (χ1v) is 40.5. The second-order valence-electron chi connectivity index (χ2n) is 31.5. The Morgan fingerprint density at radius 1 is 0.179 bits per heavy atom. The van der Waals surface area contributed by atoms with E-state index in [4.69, 9.17) is 0 Å². The molecule has 5 aromatic heterocycles. The second kappa shape index (κ2) is 27.0. The topological polar surface area (TPSA) is 27.9 Å². The maximum Gasteiger partial charge on any atom is 0.0788 e. The molecule has 24 rings (SSSR count). The lowest BCUT2D eigenvalue weighted by atomic mass is 9.82. The van der Waals surface area contributed by atoms with Crippen molar-refractivity contribution >= 4 is 126 Å². The molecule has 0 bridgehead atoms. The van der Waals surface area contributed by atoms with Crippen molar-refractivity contribution in [1.29, 1.82) is 0 Å². The molecule has 117 heavy (non-hydrogen) atoms. The SMILES string of the molecule is CC1(C)c2ccccc2-c2ccc(N(c3ccc(-c4ccccc4)cc3)c3ccc(-c4ccc5c(c4)c4ccccc4n5-c4ccccc4)cc3)cc21.c1ccc(-n2c3ccccc3c3ccc4c5ccccc5n(-c5cccc(-c6cccc(-n7c8ccccc8c8ccc9c%10ccccc%10n(-c%10ccccc%10)c9c87)c6)c5)c4c32)cc1. The Balaban J connectivity index is 0.000000140. The summed E-state index contributed by atoms with van der Waals surface area (Å²) >= 11 is 0. The minimum absolute atomic E-state index is 0.0864. The van der Waals surface area contributed by atoms with E-state index in [0.29, 0.717) is 0 Å². The summed E-state index contributed by atoms with van der Waals surface area (Å²) in [6.45, 7) is 4.70. The molecule has 0 radical (unpaired) electrons. The highest BCUT2D eigenvalue weighted by Crippen LogP contribution is 2.52. The van der Waals surface area contributed by atoms with Gasteiger partial charge in [0.25, 0.3) is 0 Å². The average molecular weight is 1490 g/mol. The Bertz CT molecular complexity index is 7600. The molecule has 0 atom stereocenters. The van der Waals surface area contributed by atoms with Crippen molar-refractivity contribution in [3.05, 3.63) is 436 Å². The average Bonchev–Trinajstić information content (AvgIpc) is 1.55. The molecule has 0 spiro atoms. The summed E-state index contributed by atoms with van der Waals surface area (Å²) in [4.78, 5) is 2.40. The zero-order valence-corrected chi connectivity index (χ0v) is 64.6. The van der Waals surface area contributed by atoms with Crippen LogP contribution in [-0.2, 0) is 5.41 Å². The van der Waals surface area contributed by atoms with Crippen LogP contribution < -0.4 is 4.90 Å². The van der Waals surface area contributed by atoms with E-state index in [2.05, 4.69) is 466 Å². The van der Waals surface area contributed by atoms with Gasteiger partial charge in [0, 0.05) is 105 Å². The fourth-order valence-corrected chi connectivity index (χ4v) is 19.4. The van der Waals surface area contributed by atoms with Crippen molar-refractivity contribution in [1.82, 2.24) is 22.8 Å². The highest BCUT2D eigenvalue weighted by molar-refractivity contribution is 6.26. The van der Waals surface area contributed by atoms with Gasteiger partial charge in [-0.15, -0.1) is 0 Å². The number of fused-ring (bicyclic) bond motifs is 20. The second-order valence-corrected chi connectivity index (χ2v) is 31.5. The van der Waals surface area contributed by atoms with Crippen LogP contribution in [0.3, 0.4) is 0 Å². The molecule has 0 N–H and O–H groups in total. The molecule has 5 heterocycles. The lowest BCUT2D eigenvalue weighted by Crippen LogP contribution is -2.16. The van der Waals surface area contributed by atoms with Crippen LogP contribution in [0.2, 0.25) is 0 Å².